The van der Waals surface area contributed by atoms with Crippen molar-refractivity contribution in [3.63, 3.8) is 0 Å². The number of carbonyl (C=O) groups is 1. The molecule has 15 heavy (non-hydrogen) atoms. The zero-order chi connectivity index (χ0) is 11.8. The first-order valence-corrected chi connectivity index (χ1v) is 5.93. The van der Waals surface area contributed by atoms with Crippen molar-refractivity contribution in [2.24, 2.45) is 5.92 Å². The molecule has 88 valence electrons. The van der Waals surface area contributed by atoms with Gasteiger partial charge in [-0.3, -0.25) is 4.79 Å². The van der Waals surface area contributed by atoms with Crippen molar-refractivity contribution in [1.29, 1.82) is 0 Å². The van der Waals surface area contributed by atoms with Crippen molar-refractivity contribution in [3.05, 3.63) is 12.2 Å². The Morgan fingerprint density at radius 3 is 2.40 bits per heavy atom. The highest BCUT2D eigenvalue weighted by molar-refractivity contribution is 5.91. The Labute approximate surface area is 94.4 Å². The average molecular weight is 211 g/mol. The quantitative estimate of drug-likeness (QED) is 0.592. The minimum atomic E-state index is 0.0740. The number of carbonyl (C=O) groups excluding carboxylic acids is 1. The number of amides is 1. The van der Waals surface area contributed by atoms with E-state index in [9.17, 15) is 4.79 Å². The lowest BCUT2D eigenvalue weighted by molar-refractivity contribution is -0.126. The summed E-state index contributed by atoms with van der Waals surface area (Å²) in [4.78, 5) is 13.4. The van der Waals surface area contributed by atoms with Crippen LogP contribution in [0.1, 0.15) is 46.5 Å². The number of nitrogens with zero attached hydrogens (tertiary/aromatic N) is 1. The Balaban J connectivity index is 4.05. The van der Waals surface area contributed by atoms with E-state index in [1.165, 1.54) is 19.3 Å². The van der Waals surface area contributed by atoms with Gasteiger partial charge in [0.25, 0.3) is 0 Å². The summed E-state index contributed by atoms with van der Waals surface area (Å²) in [6.07, 6.45) is 4.86. The first-order valence-electron chi connectivity index (χ1n) is 5.93. The third-order valence-electron chi connectivity index (χ3n) is 2.79. The van der Waals surface area contributed by atoms with Crippen LogP contribution in [0.3, 0.4) is 0 Å². The van der Waals surface area contributed by atoms with E-state index in [0.717, 1.165) is 13.0 Å². The van der Waals surface area contributed by atoms with E-state index in [1.807, 2.05) is 7.05 Å². The minimum Gasteiger partial charge on any atom is -0.342 e. The van der Waals surface area contributed by atoms with Gasteiger partial charge in [0.15, 0.2) is 0 Å². The van der Waals surface area contributed by atoms with Crippen LogP contribution >= 0.6 is 0 Å². The third-order valence-corrected chi connectivity index (χ3v) is 2.79. The minimum absolute atomic E-state index is 0.0740. The van der Waals surface area contributed by atoms with Gasteiger partial charge in [-0.15, -0.1) is 0 Å². The van der Waals surface area contributed by atoms with Gasteiger partial charge >= 0.3 is 0 Å². The van der Waals surface area contributed by atoms with Crippen molar-refractivity contribution in [2.45, 2.75) is 46.5 Å². The summed E-state index contributed by atoms with van der Waals surface area (Å²) < 4.78 is 0. The number of unbranched alkanes of at least 4 members (excludes halogenated alkanes) is 1. The van der Waals surface area contributed by atoms with Crippen LogP contribution in [-0.4, -0.2) is 24.4 Å². The molecule has 0 aliphatic rings. The lowest BCUT2D eigenvalue weighted by Gasteiger charge is -2.23. The maximum absolute atomic E-state index is 11.6. The lowest BCUT2D eigenvalue weighted by Crippen LogP contribution is -2.32. The summed E-state index contributed by atoms with van der Waals surface area (Å²) in [5.41, 5.74) is 0.628. The first kappa shape index (κ1) is 14.2. The second-order valence-electron chi connectivity index (χ2n) is 4.38. The molecule has 0 fully saturated rings. The van der Waals surface area contributed by atoms with Crippen LogP contribution in [0.5, 0.6) is 0 Å². The Kier molecular flexibility index (Phi) is 7.10. The molecule has 0 bridgehead atoms. The standard InChI is InChI=1S/C13H25NO/c1-6-8-9-12(7-2)10-14(5)13(15)11(3)4/h12H,3,6-10H2,1-2,4-5H3. The maximum Gasteiger partial charge on any atom is 0.248 e. The van der Waals surface area contributed by atoms with Gasteiger partial charge in [-0.25, -0.2) is 0 Å². The molecule has 1 unspecified atom stereocenters. The molecule has 2 heteroatoms. The van der Waals surface area contributed by atoms with Gasteiger partial charge in [-0.05, 0) is 19.3 Å². The normalized spacial score (nSPS) is 12.3. The first-order chi connectivity index (χ1) is 7.02. The Morgan fingerprint density at radius 1 is 1.40 bits per heavy atom. The molecular weight excluding hydrogens is 186 g/mol. The van der Waals surface area contributed by atoms with Gasteiger partial charge in [0, 0.05) is 19.2 Å². The molecule has 0 spiro atoms. The zero-order valence-corrected chi connectivity index (χ0v) is 10.7. The maximum atomic E-state index is 11.6. The molecule has 0 saturated carbocycles. The van der Waals surface area contributed by atoms with E-state index in [2.05, 4.69) is 20.4 Å². The highest BCUT2D eigenvalue weighted by atomic mass is 16.2. The monoisotopic (exact) mass is 211 g/mol. The molecule has 0 aliphatic carbocycles. The molecule has 0 saturated heterocycles. The van der Waals surface area contributed by atoms with Gasteiger partial charge in [0.05, 0.1) is 0 Å². The van der Waals surface area contributed by atoms with Gasteiger partial charge in [0.1, 0.15) is 0 Å². The number of rotatable bonds is 7. The fourth-order valence-electron chi connectivity index (χ4n) is 1.71. The van der Waals surface area contributed by atoms with E-state index < -0.39 is 0 Å². The molecular formula is C13H25NO. The largest absolute Gasteiger partial charge is 0.342 e. The summed E-state index contributed by atoms with van der Waals surface area (Å²) in [6.45, 7) is 10.7. The molecule has 0 aromatic carbocycles. The molecule has 0 heterocycles. The second kappa shape index (κ2) is 7.49. The van der Waals surface area contributed by atoms with Crippen LogP contribution in [-0.2, 0) is 4.79 Å². The predicted molar refractivity (Wildman–Crippen MR) is 65.8 cm³/mol. The molecule has 0 radical (unpaired) electrons. The average Bonchev–Trinajstić information content (AvgIpc) is 2.22. The van der Waals surface area contributed by atoms with E-state index in [-0.39, 0.29) is 5.91 Å². The lowest BCUT2D eigenvalue weighted by atomic mass is 9.99. The molecule has 0 aromatic heterocycles. The molecule has 1 amide bonds. The van der Waals surface area contributed by atoms with E-state index >= 15 is 0 Å². The van der Waals surface area contributed by atoms with Gasteiger partial charge in [0.2, 0.25) is 5.91 Å². The molecule has 0 N–H and O–H groups in total. The van der Waals surface area contributed by atoms with Crippen molar-refractivity contribution in [3.8, 4) is 0 Å². The smallest absolute Gasteiger partial charge is 0.248 e. The van der Waals surface area contributed by atoms with Crippen molar-refractivity contribution in [2.75, 3.05) is 13.6 Å². The van der Waals surface area contributed by atoms with Crippen LogP contribution in [0.2, 0.25) is 0 Å². The fourth-order valence-corrected chi connectivity index (χ4v) is 1.71. The molecule has 1 atom stereocenters. The number of hydrogen-bond donors (Lipinski definition) is 0. The predicted octanol–water partition coefficient (Wildman–Crippen LogP) is 3.24. The number of hydrogen-bond acceptors (Lipinski definition) is 1. The Morgan fingerprint density at radius 2 is 2.00 bits per heavy atom. The fraction of sp³-hybridized carbons (Fsp3) is 0.769. The summed E-state index contributed by atoms with van der Waals surface area (Å²) >= 11 is 0. The Bertz CT molecular complexity index is 211. The zero-order valence-electron chi connectivity index (χ0n) is 10.7. The summed E-state index contributed by atoms with van der Waals surface area (Å²) in [6, 6.07) is 0. The van der Waals surface area contributed by atoms with E-state index in [1.54, 1.807) is 11.8 Å². The van der Waals surface area contributed by atoms with Crippen LogP contribution in [0.4, 0.5) is 0 Å². The second-order valence-corrected chi connectivity index (χ2v) is 4.38. The van der Waals surface area contributed by atoms with Crippen LogP contribution in [0.25, 0.3) is 0 Å². The third kappa shape index (κ3) is 5.60. The summed E-state index contributed by atoms with van der Waals surface area (Å²) in [5.74, 6) is 0.711. The molecule has 0 rings (SSSR count). The van der Waals surface area contributed by atoms with Crippen LogP contribution < -0.4 is 0 Å². The number of likely N-dealkylation sites (N-methyl/N-ethyl adjacent to an activating group) is 1. The molecule has 0 aliphatic heterocycles. The van der Waals surface area contributed by atoms with E-state index in [4.69, 9.17) is 0 Å². The van der Waals surface area contributed by atoms with Gasteiger partial charge in [-0.2, -0.15) is 0 Å². The summed E-state index contributed by atoms with van der Waals surface area (Å²) in [7, 11) is 1.87. The van der Waals surface area contributed by atoms with E-state index in [0.29, 0.717) is 11.5 Å². The highest BCUT2D eigenvalue weighted by Crippen LogP contribution is 2.14. The van der Waals surface area contributed by atoms with Gasteiger partial charge < -0.3 is 4.90 Å². The SMILES string of the molecule is C=C(C)C(=O)N(C)CC(CC)CCCC. The topological polar surface area (TPSA) is 20.3 Å². The molecule has 2 nitrogen and oxygen atoms in total. The van der Waals surface area contributed by atoms with Crippen molar-refractivity contribution in [1.82, 2.24) is 4.90 Å². The highest BCUT2D eigenvalue weighted by Gasteiger charge is 2.14. The summed E-state index contributed by atoms with van der Waals surface area (Å²) in [5, 5.41) is 0. The van der Waals surface area contributed by atoms with Crippen molar-refractivity contribution < 1.29 is 4.79 Å². The van der Waals surface area contributed by atoms with Crippen molar-refractivity contribution >= 4 is 5.91 Å². The Hall–Kier alpha value is -0.790. The van der Waals surface area contributed by atoms with Crippen LogP contribution in [0, 0.1) is 5.92 Å². The van der Waals surface area contributed by atoms with Gasteiger partial charge in [-0.1, -0.05) is 39.7 Å². The molecule has 0 aromatic rings. The van der Waals surface area contributed by atoms with Crippen LogP contribution in [0.15, 0.2) is 12.2 Å².